The number of hydrogen-bond donors (Lipinski definition) is 1. The van der Waals surface area contributed by atoms with Gasteiger partial charge in [-0.1, -0.05) is 15.9 Å². The molecule has 0 atom stereocenters. The molecule has 1 N–H and O–H groups in total. The minimum atomic E-state index is -0.992. The fraction of sp³-hybridized carbons (Fsp3) is 0.214. The third-order valence-corrected chi connectivity index (χ3v) is 2.99. The van der Waals surface area contributed by atoms with Crippen LogP contribution in [-0.4, -0.2) is 11.5 Å². The molecule has 0 saturated heterocycles. The molecule has 0 aliphatic carbocycles. The van der Waals surface area contributed by atoms with Gasteiger partial charge in [-0.25, -0.2) is 9.37 Å². The van der Waals surface area contributed by atoms with Gasteiger partial charge in [0.2, 0.25) is 5.82 Å². The average molecular weight is 343 g/mol. The highest BCUT2D eigenvalue weighted by atomic mass is 79.9. The maximum absolute atomic E-state index is 13.5. The number of anilines is 1. The second-order valence-corrected chi connectivity index (χ2v) is 4.98. The zero-order valence-corrected chi connectivity index (χ0v) is 12.4. The van der Waals surface area contributed by atoms with Crippen molar-refractivity contribution in [1.82, 2.24) is 4.98 Å². The first-order valence-electron chi connectivity index (χ1n) is 6.06. The number of nitrogens with one attached hydrogen (secondary N) is 1. The van der Waals surface area contributed by atoms with Crippen molar-refractivity contribution in [3.05, 3.63) is 52.1 Å². The first-order valence-corrected chi connectivity index (χ1v) is 6.85. The van der Waals surface area contributed by atoms with E-state index in [1.807, 2.05) is 6.92 Å². The molecule has 1 aromatic carbocycles. The lowest BCUT2D eigenvalue weighted by molar-refractivity contribution is 0.284. The van der Waals surface area contributed by atoms with Crippen molar-refractivity contribution in [2.24, 2.45) is 0 Å². The fourth-order valence-corrected chi connectivity index (χ4v) is 2.05. The Kier molecular flexibility index (Phi) is 4.89. The van der Waals surface area contributed by atoms with Crippen LogP contribution in [0.5, 0.6) is 5.75 Å². The van der Waals surface area contributed by atoms with Crippen LogP contribution >= 0.6 is 15.9 Å². The molecule has 20 heavy (non-hydrogen) atoms. The second kappa shape index (κ2) is 6.65. The van der Waals surface area contributed by atoms with Crippen LogP contribution < -0.4 is 10.1 Å². The summed E-state index contributed by atoms with van der Waals surface area (Å²) in [6.07, 6.45) is 1.63. The standard InChI is InChI=1S/C14H13BrF2N2O/c1-2-18-13-5-9(3-4-19-13)8-20-12-7-10(15)6-11(16)14(12)17/h3-7H,2,8H2,1H3,(H,18,19). The van der Waals surface area contributed by atoms with Crippen molar-refractivity contribution < 1.29 is 13.5 Å². The van der Waals surface area contributed by atoms with E-state index in [9.17, 15) is 8.78 Å². The van der Waals surface area contributed by atoms with Gasteiger partial charge in [-0.15, -0.1) is 0 Å². The average Bonchev–Trinajstić information content (AvgIpc) is 2.42. The Hall–Kier alpha value is -1.69. The fourth-order valence-electron chi connectivity index (χ4n) is 1.64. The van der Waals surface area contributed by atoms with Gasteiger partial charge in [0.1, 0.15) is 12.4 Å². The molecule has 0 amide bonds. The van der Waals surface area contributed by atoms with Crippen LogP contribution in [0.3, 0.4) is 0 Å². The molecule has 2 aromatic rings. The summed E-state index contributed by atoms with van der Waals surface area (Å²) >= 11 is 3.10. The van der Waals surface area contributed by atoms with E-state index in [1.165, 1.54) is 6.07 Å². The highest BCUT2D eigenvalue weighted by Gasteiger charge is 2.11. The molecule has 2 rings (SSSR count). The summed E-state index contributed by atoms with van der Waals surface area (Å²) in [6, 6.07) is 6.01. The molecule has 0 radical (unpaired) electrons. The highest BCUT2D eigenvalue weighted by Crippen LogP contribution is 2.26. The molecule has 1 heterocycles. The van der Waals surface area contributed by atoms with E-state index < -0.39 is 11.6 Å². The van der Waals surface area contributed by atoms with Gasteiger partial charge in [-0.05, 0) is 36.8 Å². The summed E-state index contributed by atoms with van der Waals surface area (Å²) in [6.45, 7) is 2.85. The number of ether oxygens (including phenoxy) is 1. The van der Waals surface area contributed by atoms with Gasteiger partial charge < -0.3 is 10.1 Å². The van der Waals surface area contributed by atoms with Gasteiger partial charge in [0, 0.05) is 17.2 Å². The lowest BCUT2D eigenvalue weighted by Gasteiger charge is -2.09. The van der Waals surface area contributed by atoms with Gasteiger partial charge in [-0.3, -0.25) is 0 Å². The van der Waals surface area contributed by atoms with Crippen LogP contribution in [0.25, 0.3) is 0 Å². The van der Waals surface area contributed by atoms with E-state index in [1.54, 1.807) is 18.3 Å². The number of halogens is 3. The van der Waals surface area contributed by atoms with E-state index in [2.05, 4.69) is 26.2 Å². The van der Waals surface area contributed by atoms with Crippen molar-refractivity contribution in [3.8, 4) is 5.75 Å². The quantitative estimate of drug-likeness (QED) is 0.829. The molecular formula is C14H13BrF2N2O. The van der Waals surface area contributed by atoms with E-state index >= 15 is 0 Å². The molecule has 0 spiro atoms. The molecule has 6 heteroatoms. The Morgan fingerprint density at radius 3 is 2.85 bits per heavy atom. The summed E-state index contributed by atoms with van der Waals surface area (Å²) in [5, 5.41) is 3.07. The van der Waals surface area contributed by atoms with Crippen LogP contribution in [0.4, 0.5) is 14.6 Å². The molecule has 0 aliphatic heterocycles. The minimum Gasteiger partial charge on any atom is -0.486 e. The smallest absolute Gasteiger partial charge is 0.200 e. The molecule has 0 fully saturated rings. The van der Waals surface area contributed by atoms with Gasteiger partial charge in [-0.2, -0.15) is 4.39 Å². The zero-order chi connectivity index (χ0) is 14.5. The number of nitrogens with zero attached hydrogens (tertiary/aromatic N) is 1. The molecule has 1 aromatic heterocycles. The van der Waals surface area contributed by atoms with Crippen molar-refractivity contribution >= 4 is 21.7 Å². The van der Waals surface area contributed by atoms with Crippen molar-refractivity contribution in [2.45, 2.75) is 13.5 Å². The Morgan fingerprint density at radius 1 is 1.30 bits per heavy atom. The third-order valence-electron chi connectivity index (χ3n) is 2.54. The Balaban J connectivity index is 2.10. The van der Waals surface area contributed by atoms with Crippen LogP contribution in [0.2, 0.25) is 0 Å². The largest absolute Gasteiger partial charge is 0.486 e. The van der Waals surface area contributed by atoms with Crippen molar-refractivity contribution in [3.63, 3.8) is 0 Å². The lowest BCUT2D eigenvalue weighted by atomic mass is 10.2. The molecular weight excluding hydrogens is 330 g/mol. The normalized spacial score (nSPS) is 10.4. The predicted octanol–water partition coefficient (Wildman–Crippen LogP) is 4.13. The first kappa shape index (κ1) is 14.7. The van der Waals surface area contributed by atoms with Crippen LogP contribution in [0, 0.1) is 11.6 Å². The van der Waals surface area contributed by atoms with Gasteiger partial charge in [0.25, 0.3) is 0 Å². The van der Waals surface area contributed by atoms with E-state index in [-0.39, 0.29) is 12.4 Å². The van der Waals surface area contributed by atoms with Gasteiger partial charge >= 0.3 is 0 Å². The number of hydrogen-bond acceptors (Lipinski definition) is 3. The second-order valence-electron chi connectivity index (χ2n) is 4.07. The monoisotopic (exact) mass is 342 g/mol. The molecule has 3 nitrogen and oxygen atoms in total. The summed E-state index contributed by atoms with van der Waals surface area (Å²) in [7, 11) is 0. The molecule has 0 unspecified atom stereocenters. The summed E-state index contributed by atoms with van der Waals surface area (Å²) in [5.41, 5.74) is 0.815. The zero-order valence-electron chi connectivity index (χ0n) is 10.8. The first-order chi connectivity index (χ1) is 9.60. The molecule has 0 bridgehead atoms. The van der Waals surface area contributed by atoms with Crippen LogP contribution in [0.15, 0.2) is 34.9 Å². The SMILES string of the molecule is CCNc1cc(COc2cc(Br)cc(F)c2F)ccn1. The van der Waals surface area contributed by atoms with Gasteiger partial charge in [0.15, 0.2) is 11.6 Å². The Labute approximate surface area is 124 Å². The van der Waals surface area contributed by atoms with E-state index in [0.717, 1.165) is 24.0 Å². The molecule has 106 valence electrons. The summed E-state index contributed by atoms with van der Waals surface area (Å²) in [4.78, 5) is 4.12. The Morgan fingerprint density at radius 2 is 2.10 bits per heavy atom. The topological polar surface area (TPSA) is 34.1 Å². The predicted molar refractivity (Wildman–Crippen MR) is 76.8 cm³/mol. The maximum Gasteiger partial charge on any atom is 0.200 e. The van der Waals surface area contributed by atoms with Crippen molar-refractivity contribution in [2.75, 3.05) is 11.9 Å². The van der Waals surface area contributed by atoms with Gasteiger partial charge in [0.05, 0.1) is 0 Å². The van der Waals surface area contributed by atoms with Crippen molar-refractivity contribution in [1.29, 1.82) is 0 Å². The molecule has 0 saturated carbocycles. The number of rotatable bonds is 5. The maximum atomic E-state index is 13.5. The minimum absolute atomic E-state index is 0.126. The third kappa shape index (κ3) is 3.66. The number of benzene rings is 1. The molecule has 0 aliphatic rings. The lowest BCUT2D eigenvalue weighted by Crippen LogP contribution is -2.02. The van der Waals surface area contributed by atoms with Crippen LogP contribution in [-0.2, 0) is 6.61 Å². The summed E-state index contributed by atoms with van der Waals surface area (Å²) in [5.74, 6) is -1.35. The van der Waals surface area contributed by atoms with E-state index in [4.69, 9.17) is 4.74 Å². The van der Waals surface area contributed by atoms with E-state index in [0.29, 0.717) is 4.47 Å². The Bertz CT molecular complexity index is 608. The summed E-state index contributed by atoms with van der Waals surface area (Å²) < 4.78 is 32.5. The van der Waals surface area contributed by atoms with Crippen LogP contribution in [0.1, 0.15) is 12.5 Å². The number of pyridine rings is 1. The highest BCUT2D eigenvalue weighted by molar-refractivity contribution is 9.10. The number of aromatic nitrogens is 1.